The van der Waals surface area contributed by atoms with E-state index in [1.54, 1.807) is 0 Å². The first-order chi connectivity index (χ1) is 4.09. The SMILES string of the molecule is CC(C)C(C)C(C)CBr. The zero-order valence-corrected chi connectivity index (χ0v) is 8.40. The van der Waals surface area contributed by atoms with E-state index in [-0.39, 0.29) is 0 Å². The normalized spacial score (nSPS) is 18.0. The molecule has 0 saturated heterocycles. The molecule has 0 aliphatic rings. The van der Waals surface area contributed by atoms with E-state index >= 15 is 0 Å². The van der Waals surface area contributed by atoms with Gasteiger partial charge >= 0.3 is 0 Å². The van der Waals surface area contributed by atoms with Crippen molar-refractivity contribution < 1.29 is 0 Å². The van der Waals surface area contributed by atoms with Crippen LogP contribution in [0.2, 0.25) is 0 Å². The molecule has 0 saturated carbocycles. The first-order valence-electron chi connectivity index (χ1n) is 3.65. The molecule has 0 radical (unpaired) electrons. The maximum Gasteiger partial charge on any atom is 0.00596 e. The Balaban J connectivity index is 3.58. The van der Waals surface area contributed by atoms with Crippen LogP contribution < -0.4 is 0 Å². The fraction of sp³-hybridized carbons (Fsp3) is 1.00. The molecule has 2 unspecified atom stereocenters. The van der Waals surface area contributed by atoms with E-state index in [4.69, 9.17) is 0 Å². The molecule has 0 heterocycles. The molecule has 0 spiro atoms. The first kappa shape index (κ1) is 9.48. The van der Waals surface area contributed by atoms with Crippen molar-refractivity contribution in [3.63, 3.8) is 0 Å². The van der Waals surface area contributed by atoms with E-state index in [0.29, 0.717) is 0 Å². The Morgan fingerprint density at radius 2 is 1.56 bits per heavy atom. The van der Waals surface area contributed by atoms with Crippen LogP contribution >= 0.6 is 15.9 Å². The van der Waals surface area contributed by atoms with Gasteiger partial charge in [0.2, 0.25) is 0 Å². The van der Waals surface area contributed by atoms with Crippen LogP contribution in [0.5, 0.6) is 0 Å². The fourth-order valence-electron chi connectivity index (χ4n) is 0.798. The summed E-state index contributed by atoms with van der Waals surface area (Å²) < 4.78 is 0. The van der Waals surface area contributed by atoms with Crippen LogP contribution in [0.1, 0.15) is 27.7 Å². The Morgan fingerprint density at radius 1 is 1.11 bits per heavy atom. The van der Waals surface area contributed by atoms with Crippen molar-refractivity contribution in [1.29, 1.82) is 0 Å². The van der Waals surface area contributed by atoms with Gasteiger partial charge in [0.1, 0.15) is 0 Å². The highest BCUT2D eigenvalue weighted by atomic mass is 79.9. The third-order valence-corrected chi connectivity index (χ3v) is 3.21. The molecular weight excluding hydrogens is 176 g/mol. The summed E-state index contributed by atoms with van der Waals surface area (Å²) in [5.74, 6) is 2.46. The highest BCUT2D eigenvalue weighted by Gasteiger charge is 2.13. The first-order valence-corrected chi connectivity index (χ1v) is 4.77. The molecule has 0 rings (SSSR count). The lowest BCUT2D eigenvalue weighted by Gasteiger charge is -2.20. The van der Waals surface area contributed by atoms with E-state index in [9.17, 15) is 0 Å². The lowest BCUT2D eigenvalue weighted by molar-refractivity contribution is 0.322. The van der Waals surface area contributed by atoms with Crippen molar-refractivity contribution in [1.82, 2.24) is 0 Å². The van der Waals surface area contributed by atoms with Crippen LogP contribution in [-0.4, -0.2) is 5.33 Å². The van der Waals surface area contributed by atoms with Gasteiger partial charge in [0.15, 0.2) is 0 Å². The Kier molecular flexibility index (Phi) is 4.55. The van der Waals surface area contributed by atoms with Crippen molar-refractivity contribution in [2.24, 2.45) is 17.8 Å². The maximum absolute atomic E-state index is 3.48. The lowest BCUT2D eigenvalue weighted by atomic mass is 9.88. The number of rotatable bonds is 3. The summed E-state index contributed by atoms with van der Waals surface area (Å²) in [6.07, 6.45) is 0. The summed E-state index contributed by atoms with van der Waals surface area (Å²) in [6.45, 7) is 9.17. The molecule has 0 aromatic heterocycles. The second-order valence-electron chi connectivity index (χ2n) is 3.23. The Labute approximate surface area is 67.2 Å². The molecule has 0 aromatic carbocycles. The highest BCUT2D eigenvalue weighted by molar-refractivity contribution is 9.09. The molecule has 2 atom stereocenters. The molecule has 0 amide bonds. The average molecular weight is 193 g/mol. The second kappa shape index (κ2) is 4.32. The molecule has 0 nitrogen and oxygen atoms in total. The summed E-state index contributed by atoms with van der Waals surface area (Å²) in [5.41, 5.74) is 0. The Morgan fingerprint density at radius 3 is 1.67 bits per heavy atom. The maximum atomic E-state index is 3.48. The van der Waals surface area contributed by atoms with E-state index in [1.807, 2.05) is 0 Å². The van der Waals surface area contributed by atoms with Gasteiger partial charge in [-0.05, 0) is 17.8 Å². The van der Waals surface area contributed by atoms with Gasteiger partial charge in [0, 0.05) is 5.33 Å². The molecule has 0 aliphatic heterocycles. The van der Waals surface area contributed by atoms with Gasteiger partial charge in [-0.25, -0.2) is 0 Å². The summed E-state index contributed by atoms with van der Waals surface area (Å²) in [5, 5.41) is 1.13. The van der Waals surface area contributed by atoms with Gasteiger partial charge in [0.25, 0.3) is 0 Å². The third kappa shape index (κ3) is 3.24. The molecule has 0 aliphatic carbocycles. The monoisotopic (exact) mass is 192 g/mol. The van der Waals surface area contributed by atoms with Crippen LogP contribution in [-0.2, 0) is 0 Å². The van der Waals surface area contributed by atoms with Crippen molar-refractivity contribution in [2.75, 3.05) is 5.33 Å². The Bertz CT molecular complexity index is 69.0. The molecule has 0 bridgehead atoms. The number of hydrogen-bond donors (Lipinski definition) is 0. The lowest BCUT2D eigenvalue weighted by Crippen LogP contribution is -2.14. The minimum Gasteiger partial charge on any atom is -0.0925 e. The predicted octanol–water partition coefficient (Wildman–Crippen LogP) is 3.31. The molecule has 56 valence electrons. The smallest absolute Gasteiger partial charge is 0.00596 e. The van der Waals surface area contributed by atoms with E-state index in [1.165, 1.54) is 0 Å². The summed E-state index contributed by atoms with van der Waals surface area (Å²) >= 11 is 3.48. The van der Waals surface area contributed by atoms with Crippen LogP contribution in [0, 0.1) is 17.8 Å². The van der Waals surface area contributed by atoms with Crippen LogP contribution in [0.15, 0.2) is 0 Å². The molecule has 1 heteroatoms. The molecular formula is C8H17Br. The van der Waals surface area contributed by atoms with Crippen molar-refractivity contribution in [2.45, 2.75) is 27.7 Å². The van der Waals surface area contributed by atoms with Gasteiger partial charge in [-0.2, -0.15) is 0 Å². The molecule has 0 N–H and O–H groups in total. The number of hydrogen-bond acceptors (Lipinski definition) is 0. The van der Waals surface area contributed by atoms with Crippen molar-refractivity contribution in [3.05, 3.63) is 0 Å². The van der Waals surface area contributed by atoms with Gasteiger partial charge in [-0.15, -0.1) is 0 Å². The zero-order valence-electron chi connectivity index (χ0n) is 6.82. The highest BCUT2D eigenvalue weighted by Crippen LogP contribution is 2.20. The zero-order chi connectivity index (χ0) is 7.44. The number of alkyl halides is 1. The van der Waals surface area contributed by atoms with Crippen LogP contribution in [0.3, 0.4) is 0 Å². The standard InChI is InChI=1S/C8H17Br/c1-6(2)8(4)7(3)5-9/h6-8H,5H2,1-4H3. The van der Waals surface area contributed by atoms with Gasteiger partial charge in [-0.1, -0.05) is 43.6 Å². The summed E-state index contributed by atoms with van der Waals surface area (Å²) in [6, 6.07) is 0. The van der Waals surface area contributed by atoms with Crippen molar-refractivity contribution in [3.8, 4) is 0 Å². The van der Waals surface area contributed by atoms with Crippen LogP contribution in [0.4, 0.5) is 0 Å². The quantitative estimate of drug-likeness (QED) is 0.603. The topological polar surface area (TPSA) is 0 Å². The minimum absolute atomic E-state index is 0.810. The van der Waals surface area contributed by atoms with Gasteiger partial charge in [-0.3, -0.25) is 0 Å². The van der Waals surface area contributed by atoms with Gasteiger partial charge in [0.05, 0.1) is 0 Å². The third-order valence-electron chi connectivity index (χ3n) is 2.19. The van der Waals surface area contributed by atoms with Gasteiger partial charge < -0.3 is 0 Å². The fourth-order valence-corrected chi connectivity index (χ4v) is 1.39. The summed E-state index contributed by atoms with van der Waals surface area (Å²) in [7, 11) is 0. The second-order valence-corrected chi connectivity index (χ2v) is 3.88. The molecule has 0 aromatic rings. The van der Waals surface area contributed by atoms with E-state index in [2.05, 4.69) is 43.6 Å². The molecule has 9 heavy (non-hydrogen) atoms. The Hall–Kier alpha value is 0.480. The van der Waals surface area contributed by atoms with E-state index < -0.39 is 0 Å². The van der Waals surface area contributed by atoms with Crippen LogP contribution in [0.25, 0.3) is 0 Å². The molecule has 0 fully saturated rings. The summed E-state index contributed by atoms with van der Waals surface area (Å²) in [4.78, 5) is 0. The predicted molar refractivity (Wildman–Crippen MR) is 47.0 cm³/mol. The minimum atomic E-state index is 0.810. The van der Waals surface area contributed by atoms with Crippen molar-refractivity contribution >= 4 is 15.9 Å². The van der Waals surface area contributed by atoms with E-state index in [0.717, 1.165) is 23.1 Å². The number of halogens is 1. The largest absolute Gasteiger partial charge is 0.0925 e. The average Bonchev–Trinajstić information content (AvgIpc) is 1.84.